The standard InChI is InChI=1S/C18H25N3O7S/c1-27-17(23)13-16(18(24)28-2)19-14-3-5-15(6-4-14)29(25,26)21-9-7-20(8-10-21)11-12-22/h3-6,13,19,22H,7-12H2,1-2H3/b16-13+. The maximum Gasteiger partial charge on any atom is 0.354 e. The van der Waals surface area contributed by atoms with Crippen molar-refractivity contribution in [3.05, 3.63) is 36.0 Å². The summed E-state index contributed by atoms with van der Waals surface area (Å²) in [5, 5.41) is 11.7. The van der Waals surface area contributed by atoms with E-state index in [1.54, 1.807) is 0 Å². The third kappa shape index (κ3) is 6.00. The van der Waals surface area contributed by atoms with Crippen molar-refractivity contribution in [3.8, 4) is 0 Å². The highest BCUT2D eigenvalue weighted by Gasteiger charge is 2.28. The van der Waals surface area contributed by atoms with Crippen molar-refractivity contribution in [1.29, 1.82) is 0 Å². The van der Waals surface area contributed by atoms with Gasteiger partial charge in [-0.05, 0) is 24.3 Å². The quantitative estimate of drug-likeness (QED) is 0.422. The highest BCUT2D eigenvalue weighted by molar-refractivity contribution is 7.89. The molecule has 1 saturated heterocycles. The summed E-state index contributed by atoms with van der Waals surface area (Å²) in [6.45, 7) is 2.36. The number of esters is 2. The molecule has 1 aliphatic rings. The number of nitrogens with one attached hydrogen (secondary N) is 1. The molecule has 0 aromatic heterocycles. The molecule has 1 aromatic rings. The molecule has 29 heavy (non-hydrogen) atoms. The van der Waals surface area contributed by atoms with Gasteiger partial charge < -0.3 is 19.9 Å². The van der Waals surface area contributed by atoms with Gasteiger partial charge in [-0.1, -0.05) is 0 Å². The Balaban J connectivity index is 2.11. The number of methoxy groups -OCH3 is 2. The van der Waals surface area contributed by atoms with Crippen LogP contribution in [0.2, 0.25) is 0 Å². The Morgan fingerprint density at radius 2 is 1.72 bits per heavy atom. The normalized spacial score (nSPS) is 16.3. The molecule has 0 atom stereocenters. The first-order valence-electron chi connectivity index (χ1n) is 8.90. The molecule has 0 radical (unpaired) electrons. The number of nitrogens with zero attached hydrogens (tertiary/aromatic N) is 2. The number of rotatable bonds is 8. The zero-order chi connectivity index (χ0) is 21.4. The fraction of sp³-hybridized carbons (Fsp3) is 0.444. The zero-order valence-electron chi connectivity index (χ0n) is 16.3. The predicted molar refractivity (Wildman–Crippen MR) is 104 cm³/mol. The largest absolute Gasteiger partial charge is 0.466 e. The summed E-state index contributed by atoms with van der Waals surface area (Å²) in [5.74, 6) is -1.51. The van der Waals surface area contributed by atoms with E-state index in [4.69, 9.17) is 5.11 Å². The molecule has 2 N–H and O–H groups in total. The molecule has 2 rings (SSSR count). The molecule has 0 saturated carbocycles. The zero-order valence-corrected chi connectivity index (χ0v) is 17.1. The third-order valence-electron chi connectivity index (χ3n) is 4.39. The second-order valence-corrected chi connectivity index (χ2v) is 8.13. The maximum atomic E-state index is 12.8. The minimum absolute atomic E-state index is 0.0409. The first kappa shape index (κ1) is 22.8. The fourth-order valence-electron chi connectivity index (χ4n) is 2.78. The van der Waals surface area contributed by atoms with E-state index in [2.05, 4.69) is 14.8 Å². The summed E-state index contributed by atoms with van der Waals surface area (Å²) >= 11 is 0. The molecular formula is C18H25N3O7S. The summed E-state index contributed by atoms with van der Waals surface area (Å²) < 4.78 is 36.1. The van der Waals surface area contributed by atoms with Crippen molar-refractivity contribution in [2.45, 2.75) is 4.90 Å². The van der Waals surface area contributed by atoms with Crippen molar-refractivity contribution in [1.82, 2.24) is 9.21 Å². The molecule has 1 aliphatic heterocycles. The summed E-state index contributed by atoms with van der Waals surface area (Å²) in [7, 11) is -1.30. The third-order valence-corrected chi connectivity index (χ3v) is 6.30. The average Bonchev–Trinajstić information content (AvgIpc) is 2.73. The molecule has 1 aromatic carbocycles. The lowest BCUT2D eigenvalue weighted by atomic mass is 10.3. The molecule has 10 nitrogen and oxygen atoms in total. The van der Waals surface area contributed by atoms with E-state index >= 15 is 0 Å². The summed E-state index contributed by atoms with van der Waals surface area (Å²) in [6.07, 6.45) is 0.947. The van der Waals surface area contributed by atoms with Crippen LogP contribution in [0.15, 0.2) is 40.9 Å². The Kier molecular flexibility index (Phi) is 8.14. The van der Waals surface area contributed by atoms with Crippen LogP contribution in [0.1, 0.15) is 0 Å². The SMILES string of the molecule is COC(=O)/C=C(/Nc1ccc(S(=O)(=O)N2CCN(CCO)CC2)cc1)C(=O)OC. The minimum Gasteiger partial charge on any atom is -0.466 e. The number of aliphatic hydroxyl groups is 1. The maximum absolute atomic E-state index is 12.8. The van der Waals surface area contributed by atoms with E-state index < -0.39 is 22.0 Å². The van der Waals surface area contributed by atoms with E-state index in [9.17, 15) is 18.0 Å². The predicted octanol–water partition coefficient (Wildman–Crippen LogP) is -0.373. The van der Waals surface area contributed by atoms with Gasteiger partial charge in [0.05, 0.1) is 31.8 Å². The van der Waals surface area contributed by atoms with Crippen LogP contribution in [-0.2, 0) is 29.1 Å². The lowest BCUT2D eigenvalue weighted by Crippen LogP contribution is -2.49. The van der Waals surface area contributed by atoms with Gasteiger partial charge in [0, 0.05) is 38.4 Å². The second-order valence-electron chi connectivity index (χ2n) is 6.19. The van der Waals surface area contributed by atoms with Crippen molar-refractivity contribution < 1.29 is 32.6 Å². The molecular weight excluding hydrogens is 402 g/mol. The topological polar surface area (TPSA) is 125 Å². The van der Waals surface area contributed by atoms with Gasteiger partial charge in [0.15, 0.2) is 0 Å². The van der Waals surface area contributed by atoms with Crippen LogP contribution in [0.25, 0.3) is 0 Å². The summed E-state index contributed by atoms with van der Waals surface area (Å²) in [6, 6.07) is 5.82. The number of carbonyl (C=O) groups is 2. The first-order chi connectivity index (χ1) is 13.8. The van der Waals surface area contributed by atoms with Crippen LogP contribution < -0.4 is 5.32 Å². The Labute approximate surface area is 169 Å². The average molecular weight is 427 g/mol. The smallest absolute Gasteiger partial charge is 0.354 e. The molecule has 0 unspecified atom stereocenters. The van der Waals surface area contributed by atoms with Crippen LogP contribution in [0.5, 0.6) is 0 Å². The fourth-order valence-corrected chi connectivity index (χ4v) is 4.20. The van der Waals surface area contributed by atoms with Crippen molar-refractivity contribution in [2.75, 3.05) is 58.9 Å². The van der Waals surface area contributed by atoms with E-state index in [0.29, 0.717) is 38.4 Å². The second kappa shape index (κ2) is 10.3. The van der Waals surface area contributed by atoms with E-state index in [1.165, 1.54) is 42.8 Å². The molecule has 0 aliphatic carbocycles. The Bertz CT molecular complexity index is 845. The number of piperazine rings is 1. The number of hydrogen-bond donors (Lipinski definition) is 2. The minimum atomic E-state index is -3.65. The highest BCUT2D eigenvalue weighted by Crippen LogP contribution is 2.21. The van der Waals surface area contributed by atoms with Crippen LogP contribution in [0, 0.1) is 0 Å². The number of hydrogen-bond acceptors (Lipinski definition) is 9. The first-order valence-corrected chi connectivity index (χ1v) is 10.3. The summed E-state index contributed by atoms with van der Waals surface area (Å²) in [4.78, 5) is 25.3. The number of β-amino-alcohol motifs (C(OH)–C–C–N with tert-alkyl or cyclic N) is 1. The number of anilines is 1. The van der Waals surface area contributed by atoms with Crippen LogP contribution in [0.4, 0.5) is 5.69 Å². The summed E-state index contributed by atoms with van der Waals surface area (Å²) in [5.41, 5.74) is 0.257. The van der Waals surface area contributed by atoms with Gasteiger partial charge in [-0.3, -0.25) is 4.90 Å². The lowest BCUT2D eigenvalue weighted by molar-refractivity contribution is -0.138. The Hall–Kier alpha value is -2.47. The number of ether oxygens (including phenoxy) is 2. The van der Waals surface area contributed by atoms with E-state index in [-0.39, 0.29) is 17.2 Å². The van der Waals surface area contributed by atoms with Gasteiger partial charge in [0.25, 0.3) is 0 Å². The van der Waals surface area contributed by atoms with Gasteiger partial charge in [-0.15, -0.1) is 0 Å². The Morgan fingerprint density at radius 3 is 2.24 bits per heavy atom. The van der Waals surface area contributed by atoms with E-state index in [1.807, 2.05) is 4.90 Å². The molecule has 1 fully saturated rings. The van der Waals surface area contributed by atoms with Crippen LogP contribution >= 0.6 is 0 Å². The van der Waals surface area contributed by atoms with Crippen LogP contribution in [-0.4, -0.2) is 88.2 Å². The number of sulfonamides is 1. The molecule has 11 heteroatoms. The van der Waals surface area contributed by atoms with E-state index in [0.717, 1.165) is 6.08 Å². The number of benzene rings is 1. The molecule has 0 spiro atoms. The Morgan fingerprint density at radius 1 is 1.10 bits per heavy atom. The highest BCUT2D eigenvalue weighted by atomic mass is 32.2. The monoisotopic (exact) mass is 427 g/mol. The lowest BCUT2D eigenvalue weighted by Gasteiger charge is -2.33. The van der Waals surface area contributed by atoms with Crippen molar-refractivity contribution in [2.24, 2.45) is 0 Å². The van der Waals surface area contributed by atoms with Gasteiger partial charge in [0.1, 0.15) is 5.70 Å². The van der Waals surface area contributed by atoms with Gasteiger partial charge in [0.2, 0.25) is 10.0 Å². The van der Waals surface area contributed by atoms with Crippen LogP contribution in [0.3, 0.4) is 0 Å². The molecule has 160 valence electrons. The van der Waals surface area contributed by atoms with Crippen molar-refractivity contribution in [3.63, 3.8) is 0 Å². The molecule has 0 amide bonds. The molecule has 0 bridgehead atoms. The van der Waals surface area contributed by atoms with Crippen molar-refractivity contribution >= 4 is 27.6 Å². The number of aliphatic hydroxyl groups excluding tert-OH is 1. The van der Waals surface area contributed by atoms with Gasteiger partial charge >= 0.3 is 11.9 Å². The number of carbonyl (C=O) groups excluding carboxylic acids is 2. The molecule has 1 heterocycles. The van der Waals surface area contributed by atoms with Gasteiger partial charge in [-0.2, -0.15) is 4.31 Å². The van der Waals surface area contributed by atoms with Gasteiger partial charge in [-0.25, -0.2) is 18.0 Å².